The molecule has 0 aliphatic rings. The molecule has 6 nitrogen and oxygen atoms in total. The summed E-state index contributed by atoms with van der Waals surface area (Å²) in [6, 6.07) is 0.582. The van der Waals surface area contributed by atoms with Crippen LogP contribution < -0.4 is 0 Å². The Balaban J connectivity index is 4.85. The van der Waals surface area contributed by atoms with Gasteiger partial charge in [-0.1, -0.05) is 6.92 Å². The molecular weight excluding hydrogens is 260 g/mol. The lowest BCUT2D eigenvalue weighted by molar-refractivity contribution is 0.0995. The Bertz CT molecular complexity index is 191. The molecule has 0 aliphatic heterocycles. The first-order valence-corrected chi connectivity index (χ1v) is 9.04. The fourth-order valence-corrected chi connectivity index (χ4v) is 7.06. The van der Waals surface area contributed by atoms with E-state index in [0.29, 0.717) is 6.04 Å². The number of hydrogen-bond acceptors (Lipinski definition) is 6. The SMILES string of the molecule is CO[Si](CC(C)[Si](OC)(OC)OC)(OC)OC. The van der Waals surface area contributed by atoms with Crippen LogP contribution in [0.1, 0.15) is 6.92 Å². The third kappa shape index (κ3) is 3.83. The first kappa shape index (κ1) is 17.2. The maximum Gasteiger partial charge on any atom is 0.503 e. The van der Waals surface area contributed by atoms with E-state index in [1.807, 2.05) is 6.92 Å². The first-order valence-electron chi connectivity index (χ1n) is 5.30. The molecule has 0 radical (unpaired) electrons. The molecular formula is C9H24O6Si2. The summed E-state index contributed by atoms with van der Waals surface area (Å²) in [6.07, 6.45) is 0. The van der Waals surface area contributed by atoms with Crippen molar-refractivity contribution >= 4 is 17.6 Å². The molecule has 0 aromatic carbocycles. The predicted molar refractivity (Wildman–Crippen MR) is 67.8 cm³/mol. The molecule has 0 aliphatic carbocycles. The van der Waals surface area contributed by atoms with E-state index in [4.69, 9.17) is 26.6 Å². The molecule has 0 rings (SSSR count). The van der Waals surface area contributed by atoms with Crippen molar-refractivity contribution in [3.63, 3.8) is 0 Å². The molecule has 0 N–H and O–H groups in total. The minimum absolute atomic E-state index is 0.0222. The van der Waals surface area contributed by atoms with Gasteiger partial charge in [-0.15, -0.1) is 0 Å². The molecule has 8 heteroatoms. The molecule has 0 bridgehead atoms. The van der Waals surface area contributed by atoms with E-state index in [0.717, 1.165) is 0 Å². The van der Waals surface area contributed by atoms with E-state index in [2.05, 4.69) is 0 Å². The van der Waals surface area contributed by atoms with Crippen LogP contribution in [0.25, 0.3) is 0 Å². The van der Waals surface area contributed by atoms with Crippen molar-refractivity contribution < 1.29 is 26.6 Å². The molecule has 0 saturated heterocycles. The van der Waals surface area contributed by atoms with Crippen molar-refractivity contribution in [2.45, 2.75) is 18.5 Å². The van der Waals surface area contributed by atoms with Gasteiger partial charge in [0.2, 0.25) is 0 Å². The third-order valence-electron chi connectivity index (χ3n) is 2.95. The van der Waals surface area contributed by atoms with Gasteiger partial charge in [0.1, 0.15) is 0 Å². The summed E-state index contributed by atoms with van der Waals surface area (Å²) in [5, 5.41) is 0. The molecule has 0 heterocycles. The van der Waals surface area contributed by atoms with Crippen LogP contribution >= 0.6 is 0 Å². The molecule has 0 aromatic heterocycles. The number of hydrogen-bond donors (Lipinski definition) is 0. The molecule has 0 saturated carbocycles. The van der Waals surface area contributed by atoms with Crippen LogP contribution in [-0.4, -0.2) is 60.3 Å². The zero-order chi connectivity index (χ0) is 13.5. The Kier molecular flexibility index (Phi) is 7.68. The molecule has 0 amide bonds. The summed E-state index contributed by atoms with van der Waals surface area (Å²) in [4.78, 5) is 0. The van der Waals surface area contributed by atoms with Gasteiger partial charge in [0, 0.05) is 54.2 Å². The highest BCUT2D eigenvalue weighted by atomic mass is 28.4. The van der Waals surface area contributed by atoms with Crippen molar-refractivity contribution in [1.29, 1.82) is 0 Å². The average Bonchev–Trinajstić information content (AvgIpc) is 2.39. The monoisotopic (exact) mass is 284 g/mol. The minimum Gasteiger partial charge on any atom is -0.377 e. The van der Waals surface area contributed by atoms with E-state index in [9.17, 15) is 0 Å². The van der Waals surface area contributed by atoms with Crippen LogP contribution in [0.15, 0.2) is 0 Å². The van der Waals surface area contributed by atoms with E-state index in [1.165, 1.54) is 0 Å². The Morgan fingerprint density at radius 2 is 1.06 bits per heavy atom. The van der Waals surface area contributed by atoms with E-state index >= 15 is 0 Å². The van der Waals surface area contributed by atoms with Crippen LogP contribution in [0.3, 0.4) is 0 Å². The zero-order valence-corrected chi connectivity index (χ0v) is 13.7. The Hall–Kier alpha value is 0.194. The standard InChI is InChI=1S/C9H24O6Si2/c1-9(17(13-5,14-6)15-7)8-16(10-2,11-3)12-4/h9H,8H2,1-7H3. The van der Waals surface area contributed by atoms with Gasteiger partial charge in [0.25, 0.3) is 0 Å². The summed E-state index contributed by atoms with van der Waals surface area (Å²) >= 11 is 0. The van der Waals surface area contributed by atoms with Crippen molar-refractivity contribution in [3.05, 3.63) is 0 Å². The van der Waals surface area contributed by atoms with Gasteiger partial charge in [-0.05, 0) is 0 Å². The Morgan fingerprint density at radius 1 is 0.706 bits per heavy atom. The van der Waals surface area contributed by atoms with E-state index in [1.54, 1.807) is 42.7 Å². The normalized spacial score (nSPS) is 15.0. The van der Waals surface area contributed by atoms with E-state index < -0.39 is 17.6 Å². The van der Waals surface area contributed by atoms with Gasteiger partial charge in [0.05, 0.1) is 0 Å². The summed E-state index contributed by atoms with van der Waals surface area (Å²) < 4.78 is 32.4. The van der Waals surface area contributed by atoms with Gasteiger partial charge >= 0.3 is 17.6 Å². The van der Waals surface area contributed by atoms with Gasteiger partial charge in [-0.2, -0.15) is 0 Å². The second kappa shape index (κ2) is 7.59. The molecule has 0 spiro atoms. The molecule has 1 atom stereocenters. The van der Waals surface area contributed by atoms with Crippen molar-refractivity contribution in [1.82, 2.24) is 0 Å². The fourth-order valence-electron chi connectivity index (χ4n) is 1.85. The zero-order valence-electron chi connectivity index (χ0n) is 11.7. The number of rotatable bonds is 9. The quantitative estimate of drug-likeness (QED) is 0.592. The molecule has 0 fully saturated rings. The predicted octanol–water partition coefficient (Wildman–Crippen LogP) is 1.13. The summed E-state index contributed by atoms with van der Waals surface area (Å²) in [5.41, 5.74) is 0.0222. The average molecular weight is 284 g/mol. The molecule has 17 heavy (non-hydrogen) atoms. The first-order chi connectivity index (χ1) is 7.99. The fraction of sp³-hybridized carbons (Fsp3) is 1.00. The van der Waals surface area contributed by atoms with E-state index in [-0.39, 0.29) is 5.54 Å². The van der Waals surface area contributed by atoms with Crippen LogP contribution in [0.2, 0.25) is 11.6 Å². The topological polar surface area (TPSA) is 55.4 Å². The molecule has 104 valence electrons. The highest BCUT2D eigenvalue weighted by Gasteiger charge is 2.51. The molecule has 1 unspecified atom stereocenters. The second-order valence-electron chi connectivity index (χ2n) is 3.62. The summed E-state index contributed by atoms with van der Waals surface area (Å²) in [6.45, 7) is 1.99. The maximum atomic E-state index is 5.43. The highest BCUT2D eigenvalue weighted by Crippen LogP contribution is 2.32. The van der Waals surface area contributed by atoms with Crippen molar-refractivity contribution in [2.24, 2.45) is 0 Å². The van der Waals surface area contributed by atoms with Gasteiger partial charge < -0.3 is 26.6 Å². The van der Waals surface area contributed by atoms with Crippen molar-refractivity contribution in [3.8, 4) is 0 Å². The van der Waals surface area contributed by atoms with Crippen LogP contribution in [0.4, 0.5) is 0 Å². The second-order valence-corrected chi connectivity index (χ2v) is 10.0. The highest BCUT2D eigenvalue weighted by molar-refractivity contribution is 6.67. The van der Waals surface area contributed by atoms with Gasteiger partial charge in [-0.3, -0.25) is 0 Å². The Morgan fingerprint density at radius 3 is 1.29 bits per heavy atom. The van der Waals surface area contributed by atoms with Gasteiger partial charge in [-0.25, -0.2) is 0 Å². The van der Waals surface area contributed by atoms with Gasteiger partial charge in [0.15, 0.2) is 0 Å². The van der Waals surface area contributed by atoms with Crippen LogP contribution in [0, 0.1) is 0 Å². The smallest absolute Gasteiger partial charge is 0.377 e. The van der Waals surface area contributed by atoms with Crippen LogP contribution in [-0.2, 0) is 26.6 Å². The largest absolute Gasteiger partial charge is 0.503 e. The lowest BCUT2D eigenvalue weighted by Gasteiger charge is -2.34. The Labute approximate surface area is 106 Å². The van der Waals surface area contributed by atoms with Crippen molar-refractivity contribution in [2.75, 3.05) is 42.7 Å². The molecule has 0 aromatic rings. The summed E-state index contributed by atoms with van der Waals surface area (Å²) in [7, 11) is 4.19. The maximum absolute atomic E-state index is 5.43. The summed E-state index contributed by atoms with van der Waals surface area (Å²) in [5.74, 6) is 0. The lowest BCUT2D eigenvalue weighted by atomic mass is 10.6. The van der Waals surface area contributed by atoms with Crippen LogP contribution in [0.5, 0.6) is 0 Å². The lowest BCUT2D eigenvalue weighted by Crippen LogP contribution is -2.52. The minimum atomic E-state index is -2.68. The third-order valence-corrected chi connectivity index (χ3v) is 9.45.